The van der Waals surface area contributed by atoms with E-state index in [0.29, 0.717) is 12.2 Å². The monoisotopic (exact) mass is 334 g/mol. The molecule has 1 heterocycles. The fourth-order valence-electron chi connectivity index (χ4n) is 1.33. The first-order valence-corrected chi connectivity index (χ1v) is 6.23. The summed E-state index contributed by atoms with van der Waals surface area (Å²) in [6.45, 7) is 0. The topological polar surface area (TPSA) is 25.8 Å². The van der Waals surface area contributed by atoms with E-state index in [1.54, 1.807) is 0 Å². The molecule has 0 N–H and O–H groups in total. The van der Waals surface area contributed by atoms with Crippen molar-refractivity contribution in [2.75, 3.05) is 0 Å². The lowest BCUT2D eigenvalue weighted by atomic mass is 10.1. The first kappa shape index (κ1) is 12.7. The number of rotatable bonds is 2. The molecule has 0 aliphatic carbocycles. The highest BCUT2D eigenvalue weighted by Gasteiger charge is 2.12. The van der Waals surface area contributed by atoms with Gasteiger partial charge in [-0.1, -0.05) is 57.3 Å². The SMILES string of the molecule is Fc1c(Cl)nc(Cc2ccccc2Br)nc1Cl. The average Bonchev–Trinajstić information content (AvgIpc) is 2.29. The number of benzene rings is 1. The molecule has 1 aromatic heterocycles. The van der Waals surface area contributed by atoms with Crippen molar-refractivity contribution >= 4 is 39.1 Å². The van der Waals surface area contributed by atoms with E-state index in [4.69, 9.17) is 23.2 Å². The third-order valence-electron chi connectivity index (χ3n) is 2.12. The molecule has 0 radical (unpaired) electrons. The Labute approximate surface area is 116 Å². The molecule has 17 heavy (non-hydrogen) atoms. The molecule has 1 aromatic carbocycles. The summed E-state index contributed by atoms with van der Waals surface area (Å²) in [6.07, 6.45) is 0.432. The average molecular weight is 336 g/mol. The van der Waals surface area contributed by atoms with Gasteiger partial charge in [0.05, 0.1) is 0 Å². The largest absolute Gasteiger partial charge is 0.218 e. The highest BCUT2D eigenvalue weighted by molar-refractivity contribution is 9.10. The van der Waals surface area contributed by atoms with E-state index in [-0.39, 0.29) is 10.3 Å². The second-order valence-electron chi connectivity index (χ2n) is 3.30. The van der Waals surface area contributed by atoms with Gasteiger partial charge >= 0.3 is 0 Å². The van der Waals surface area contributed by atoms with Gasteiger partial charge in [-0.2, -0.15) is 0 Å². The fourth-order valence-corrected chi connectivity index (χ4v) is 2.17. The lowest BCUT2D eigenvalue weighted by molar-refractivity contribution is 0.610. The number of aromatic nitrogens is 2. The summed E-state index contributed by atoms with van der Waals surface area (Å²) in [7, 11) is 0. The minimum Gasteiger partial charge on any atom is -0.218 e. The number of hydrogen-bond donors (Lipinski definition) is 0. The minimum atomic E-state index is -0.788. The molecule has 6 heteroatoms. The van der Waals surface area contributed by atoms with E-state index in [1.165, 1.54) is 0 Å². The van der Waals surface area contributed by atoms with E-state index in [0.717, 1.165) is 10.0 Å². The molecule has 0 saturated carbocycles. The van der Waals surface area contributed by atoms with Crippen molar-refractivity contribution in [2.45, 2.75) is 6.42 Å². The second-order valence-corrected chi connectivity index (χ2v) is 4.87. The molecule has 0 fully saturated rings. The van der Waals surface area contributed by atoms with Gasteiger partial charge in [0.1, 0.15) is 5.82 Å². The van der Waals surface area contributed by atoms with Crippen LogP contribution in [0.2, 0.25) is 10.3 Å². The maximum absolute atomic E-state index is 13.1. The maximum atomic E-state index is 13.1. The van der Waals surface area contributed by atoms with E-state index < -0.39 is 5.82 Å². The Balaban J connectivity index is 2.34. The van der Waals surface area contributed by atoms with Crippen molar-refractivity contribution < 1.29 is 4.39 Å². The molecule has 0 aliphatic rings. The van der Waals surface area contributed by atoms with Gasteiger partial charge in [-0.15, -0.1) is 0 Å². The van der Waals surface area contributed by atoms with Crippen LogP contribution >= 0.6 is 39.1 Å². The van der Waals surface area contributed by atoms with Crippen LogP contribution in [0.4, 0.5) is 4.39 Å². The van der Waals surface area contributed by atoms with Crippen molar-refractivity contribution in [2.24, 2.45) is 0 Å². The van der Waals surface area contributed by atoms with E-state index in [1.807, 2.05) is 24.3 Å². The van der Waals surface area contributed by atoms with Crippen molar-refractivity contribution in [3.63, 3.8) is 0 Å². The molecule has 0 bridgehead atoms. The van der Waals surface area contributed by atoms with Crippen LogP contribution in [0.3, 0.4) is 0 Å². The number of hydrogen-bond acceptors (Lipinski definition) is 2. The Hall–Kier alpha value is -0.710. The van der Waals surface area contributed by atoms with Crippen molar-refractivity contribution in [1.82, 2.24) is 9.97 Å². The van der Waals surface area contributed by atoms with Crippen LogP contribution in [-0.2, 0) is 6.42 Å². The van der Waals surface area contributed by atoms with E-state index in [9.17, 15) is 4.39 Å². The molecule has 0 aliphatic heterocycles. The fraction of sp³-hybridized carbons (Fsp3) is 0.0909. The molecule has 0 saturated heterocycles. The summed E-state index contributed by atoms with van der Waals surface area (Å²) in [6, 6.07) is 7.62. The van der Waals surface area contributed by atoms with Gasteiger partial charge in [-0.25, -0.2) is 14.4 Å². The second kappa shape index (κ2) is 5.29. The van der Waals surface area contributed by atoms with Crippen LogP contribution in [0.25, 0.3) is 0 Å². The molecule has 0 amide bonds. The van der Waals surface area contributed by atoms with Gasteiger partial charge in [0.2, 0.25) is 0 Å². The third kappa shape index (κ3) is 2.94. The first-order chi connectivity index (χ1) is 8.08. The summed E-state index contributed by atoms with van der Waals surface area (Å²) in [5, 5.41) is -0.515. The molecular weight excluding hydrogens is 330 g/mol. The quantitative estimate of drug-likeness (QED) is 0.766. The molecular formula is C11H6BrCl2FN2. The van der Waals surface area contributed by atoms with Crippen LogP contribution in [0.5, 0.6) is 0 Å². The standard InChI is InChI=1S/C11H6BrCl2FN2/c12-7-4-2-1-3-6(7)5-8-16-10(13)9(15)11(14)17-8/h1-4H,5H2. The summed E-state index contributed by atoms with van der Waals surface area (Å²) in [5.41, 5.74) is 0.978. The normalized spacial score (nSPS) is 10.6. The first-order valence-electron chi connectivity index (χ1n) is 4.68. The minimum absolute atomic E-state index is 0.257. The lowest BCUT2D eigenvalue weighted by Crippen LogP contribution is -2.00. The van der Waals surface area contributed by atoms with Crippen molar-refractivity contribution in [1.29, 1.82) is 0 Å². The zero-order valence-corrected chi connectivity index (χ0v) is 11.5. The van der Waals surface area contributed by atoms with Crippen LogP contribution in [0, 0.1) is 5.82 Å². The summed E-state index contributed by atoms with van der Waals surface area (Å²) in [4.78, 5) is 7.69. The molecule has 88 valence electrons. The molecule has 0 unspecified atom stereocenters. The van der Waals surface area contributed by atoms with Crippen LogP contribution in [0.1, 0.15) is 11.4 Å². The van der Waals surface area contributed by atoms with Crippen LogP contribution in [0.15, 0.2) is 28.7 Å². The smallest absolute Gasteiger partial charge is 0.197 e. The van der Waals surface area contributed by atoms with Crippen molar-refractivity contribution in [3.8, 4) is 0 Å². The molecule has 2 nitrogen and oxygen atoms in total. The van der Waals surface area contributed by atoms with Gasteiger partial charge in [0, 0.05) is 10.9 Å². The highest BCUT2D eigenvalue weighted by Crippen LogP contribution is 2.22. The van der Waals surface area contributed by atoms with Gasteiger partial charge in [0.25, 0.3) is 0 Å². The van der Waals surface area contributed by atoms with Crippen LogP contribution in [-0.4, -0.2) is 9.97 Å². The summed E-state index contributed by atoms with van der Waals surface area (Å²) >= 11 is 14.6. The summed E-state index contributed by atoms with van der Waals surface area (Å²) in [5.74, 6) is -0.405. The highest BCUT2D eigenvalue weighted by atomic mass is 79.9. The Bertz CT molecular complexity index is 540. The number of nitrogens with zero attached hydrogens (tertiary/aromatic N) is 2. The van der Waals surface area contributed by atoms with Gasteiger partial charge < -0.3 is 0 Å². The predicted molar refractivity (Wildman–Crippen MR) is 69.0 cm³/mol. The molecule has 2 rings (SSSR count). The van der Waals surface area contributed by atoms with E-state index in [2.05, 4.69) is 25.9 Å². The zero-order valence-electron chi connectivity index (χ0n) is 8.42. The van der Waals surface area contributed by atoms with E-state index >= 15 is 0 Å². The molecule has 0 spiro atoms. The van der Waals surface area contributed by atoms with Gasteiger partial charge in [-0.3, -0.25) is 0 Å². The Morgan fingerprint density at radius 1 is 1.12 bits per heavy atom. The predicted octanol–water partition coefficient (Wildman–Crippen LogP) is 4.28. The number of halogens is 4. The maximum Gasteiger partial charge on any atom is 0.197 e. The third-order valence-corrected chi connectivity index (χ3v) is 3.40. The molecule has 0 atom stereocenters. The Morgan fingerprint density at radius 3 is 2.29 bits per heavy atom. The zero-order chi connectivity index (χ0) is 12.4. The van der Waals surface area contributed by atoms with Crippen molar-refractivity contribution in [3.05, 3.63) is 56.2 Å². The van der Waals surface area contributed by atoms with Crippen LogP contribution < -0.4 is 0 Å². The lowest BCUT2D eigenvalue weighted by Gasteiger charge is -2.04. The van der Waals surface area contributed by atoms with Gasteiger partial charge in [0.15, 0.2) is 16.1 Å². The summed E-state index contributed by atoms with van der Waals surface area (Å²) < 4.78 is 14.1. The Morgan fingerprint density at radius 2 is 1.71 bits per heavy atom. The van der Waals surface area contributed by atoms with Gasteiger partial charge in [-0.05, 0) is 11.6 Å². The Kier molecular flexibility index (Phi) is 3.97. The molecule has 2 aromatic rings.